The molecule has 1 N–H and O–H groups in total. The molecule has 1 aliphatic rings. The van der Waals surface area contributed by atoms with Crippen LogP contribution < -0.4 is 4.90 Å². The van der Waals surface area contributed by atoms with Crippen LogP contribution in [0.15, 0.2) is 48.8 Å². The third-order valence-corrected chi connectivity index (χ3v) is 4.63. The molecule has 1 saturated heterocycles. The maximum atomic E-state index is 4.10. The molecule has 1 aliphatic heterocycles. The maximum absolute atomic E-state index is 4.10. The second kappa shape index (κ2) is 6.05. The lowest BCUT2D eigenvalue weighted by Gasteiger charge is -2.35. The van der Waals surface area contributed by atoms with Crippen molar-refractivity contribution in [1.29, 1.82) is 0 Å². The molecule has 2 aromatic heterocycles. The zero-order valence-electron chi connectivity index (χ0n) is 13.5. The quantitative estimate of drug-likeness (QED) is 0.807. The predicted octanol–water partition coefficient (Wildman–Crippen LogP) is 3.19. The monoisotopic (exact) mass is 306 g/mol. The Labute approximate surface area is 136 Å². The molecule has 1 aromatic carbocycles. The molecule has 0 spiro atoms. The number of hydrogen-bond donors (Lipinski definition) is 1. The first-order chi connectivity index (χ1) is 11.3. The Morgan fingerprint density at radius 2 is 1.78 bits per heavy atom. The number of nitrogens with zero attached hydrogens (tertiary/aromatic N) is 3. The molecule has 0 radical (unpaired) electrons. The van der Waals surface area contributed by atoms with Crippen LogP contribution >= 0.6 is 0 Å². The largest absolute Gasteiger partial charge is 0.369 e. The first-order valence-corrected chi connectivity index (χ1v) is 8.23. The van der Waals surface area contributed by atoms with Crippen LogP contribution in [-0.2, 0) is 6.54 Å². The molecule has 0 saturated carbocycles. The highest BCUT2D eigenvalue weighted by molar-refractivity contribution is 5.81. The first kappa shape index (κ1) is 14.3. The Balaban J connectivity index is 1.40. The van der Waals surface area contributed by atoms with Crippen LogP contribution in [0.4, 0.5) is 5.69 Å². The lowest BCUT2D eigenvalue weighted by atomic mass is 10.2. The maximum Gasteiger partial charge on any atom is 0.0456 e. The predicted molar refractivity (Wildman–Crippen MR) is 94.8 cm³/mol. The molecule has 3 aromatic rings. The molecule has 0 unspecified atom stereocenters. The number of H-pyrrole nitrogens is 1. The van der Waals surface area contributed by atoms with E-state index in [1.807, 2.05) is 12.4 Å². The van der Waals surface area contributed by atoms with E-state index in [-0.39, 0.29) is 0 Å². The summed E-state index contributed by atoms with van der Waals surface area (Å²) < 4.78 is 0. The topological polar surface area (TPSA) is 35.2 Å². The van der Waals surface area contributed by atoms with Gasteiger partial charge in [0.05, 0.1) is 0 Å². The fourth-order valence-corrected chi connectivity index (χ4v) is 3.36. The highest BCUT2D eigenvalue weighted by Crippen LogP contribution is 2.20. The Hall–Kier alpha value is -2.33. The average Bonchev–Trinajstić information content (AvgIpc) is 2.97. The van der Waals surface area contributed by atoms with Crippen molar-refractivity contribution >= 4 is 16.6 Å². The Bertz CT molecular complexity index is 785. The van der Waals surface area contributed by atoms with Crippen molar-refractivity contribution in [1.82, 2.24) is 14.9 Å². The third kappa shape index (κ3) is 3.08. The Morgan fingerprint density at radius 1 is 1.00 bits per heavy atom. The molecule has 0 amide bonds. The van der Waals surface area contributed by atoms with Gasteiger partial charge < -0.3 is 9.88 Å². The summed E-state index contributed by atoms with van der Waals surface area (Å²) in [5.74, 6) is 0. The minimum Gasteiger partial charge on any atom is -0.369 e. The van der Waals surface area contributed by atoms with Crippen LogP contribution in [0.5, 0.6) is 0 Å². The number of fused-ring (bicyclic) bond motifs is 1. The fourth-order valence-electron chi connectivity index (χ4n) is 3.36. The molecule has 0 aliphatic carbocycles. The summed E-state index contributed by atoms with van der Waals surface area (Å²) in [5.41, 5.74) is 5.14. The van der Waals surface area contributed by atoms with Crippen LogP contribution in [0.1, 0.15) is 11.3 Å². The van der Waals surface area contributed by atoms with Gasteiger partial charge in [-0.2, -0.15) is 0 Å². The molecule has 4 rings (SSSR count). The number of pyridine rings is 1. The molecule has 1 fully saturated rings. The van der Waals surface area contributed by atoms with Gasteiger partial charge in [-0.3, -0.25) is 9.88 Å². The summed E-state index contributed by atoms with van der Waals surface area (Å²) >= 11 is 0. The number of nitrogens with one attached hydrogen (secondary N) is 1. The van der Waals surface area contributed by atoms with Crippen molar-refractivity contribution < 1.29 is 0 Å². The van der Waals surface area contributed by atoms with E-state index in [4.69, 9.17) is 0 Å². The third-order valence-electron chi connectivity index (χ3n) is 4.63. The van der Waals surface area contributed by atoms with Gasteiger partial charge in [0.1, 0.15) is 0 Å². The molecule has 23 heavy (non-hydrogen) atoms. The average molecular weight is 306 g/mol. The zero-order chi connectivity index (χ0) is 15.6. The van der Waals surface area contributed by atoms with Gasteiger partial charge in [-0.05, 0) is 42.6 Å². The molecule has 4 nitrogen and oxygen atoms in total. The number of rotatable bonds is 3. The summed E-state index contributed by atoms with van der Waals surface area (Å²) in [5, 5.41) is 1.32. The first-order valence-electron chi connectivity index (χ1n) is 8.23. The van der Waals surface area contributed by atoms with Crippen LogP contribution in [-0.4, -0.2) is 41.0 Å². The number of aromatic amines is 1. The van der Waals surface area contributed by atoms with Gasteiger partial charge in [0, 0.05) is 62.0 Å². The summed E-state index contributed by atoms with van der Waals surface area (Å²) in [4.78, 5) is 12.6. The molecular weight excluding hydrogens is 284 g/mol. The minimum absolute atomic E-state index is 0.998. The lowest BCUT2D eigenvalue weighted by molar-refractivity contribution is 0.247. The minimum atomic E-state index is 0.998. The Morgan fingerprint density at radius 3 is 2.57 bits per heavy atom. The number of benzene rings is 1. The van der Waals surface area contributed by atoms with Crippen molar-refractivity contribution in [2.24, 2.45) is 0 Å². The van der Waals surface area contributed by atoms with Crippen molar-refractivity contribution in [3.63, 3.8) is 0 Å². The van der Waals surface area contributed by atoms with Gasteiger partial charge in [-0.15, -0.1) is 0 Å². The SMILES string of the molecule is Cc1ccc2[nH]c(CN3CCN(c4ccncc4)CC3)cc2c1. The molecule has 118 valence electrons. The molecular formula is C19H22N4. The van der Waals surface area contributed by atoms with Crippen LogP contribution in [0, 0.1) is 6.92 Å². The smallest absolute Gasteiger partial charge is 0.0456 e. The van der Waals surface area contributed by atoms with E-state index in [9.17, 15) is 0 Å². The van der Waals surface area contributed by atoms with Crippen LogP contribution in [0.2, 0.25) is 0 Å². The van der Waals surface area contributed by atoms with Gasteiger partial charge >= 0.3 is 0 Å². The normalized spacial score (nSPS) is 16.1. The van der Waals surface area contributed by atoms with E-state index in [0.717, 1.165) is 32.7 Å². The van der Waals surface area contributed by atoms with Gasteiger partial charge in [-0.25, -0.2) is 0 Å². The van der Waals surface area contributed by atoms with Gasteiger partial charge in [-0.1, -0.05) is 11.6 Å². The van der Waals surface area contributed by atoms with E-state index >= 15 is 0 Å². The van der Waals surface area contributed by atoms with Crippen LogP contribution in [0.25, 0.3) is 10.9 Å². The van der Waals surface area contributed by atoms with Crippen LogP contribution in [0.3, 0.4) is 0 Å². The van der Waals surface area contributed by atoms with Gasteiger partial charge in [0.2, 0.25) is 0 Å². The number of aryl methyl sites for hydroxylation is 1. The molecule has 3 heterocycles. The zero-order valence-corrected chi connectivity index (χ0v) is 13.5. The highest BCUT2D eigenvalue weighted by Gasteiger charge is 2.17. The molecule has 4 heteroatoms. The van der Waals surface area contributed by atoms with Gasteiger partial charge in [0.25, 0.3) is 0 Å². The van der Waals surface area contributed by atoms with Crippen molar-refractivity contribution in [2.75, 3.05) is 31.1 Å². The Kier molecular flexibility index (Phi) is 3.75. The highest BCUT2D eigenvalue weighted by atomic mass is 15.3. The summed E-state index contributed by atoms with van der Waals surface area (Å²) in [6.07, 6.45) is 3.74. The molecule has 0 atom stereocenters. The van der Waals surface area contributed by atoms with Crippen molar-refractivity contribution in [3.8, 4) is 0 Å². The van der Waals surface area contributed by atoms with E-state index in [1.165, 1.54) is 27.8 Å². The number of hydrogen-bond acceptors (Lipinski definition) is 3. The van der Waals surface area contributed by atoms with Gasteiger partial charge in [0.15, 0.2) is 0 Å². The van der Waals surface area contributed by atoms with E-state index in [0.29, 0.717) is 0 Å². The van der Waals surface area contributed by atoms with Crippen molar-refractivity contribution in [3.05, 3.63) is 60.0 Å². The summed E-state index contributed by atoms with van der Waals surface area (Å²) in [6, 6.07) is 13.1. The molecule has 0 bridgehead atoms. The fraction of sp³-hybridized carbons (Fsp3) is 0.316. The number of aromatic nitrogens is 2. The second-order valence-corrected chi connectivity index (χ2v) is 6.35. The number of anilines is 1. The van der Waals surface area contributed by atoms with Crippen molar-refractivity contribution in [2.45, 2.75) is 13.5 Å². The van der Waals surface area contributed by atoms with E-state index in [1.54, 1.807) is 0 Å². The summed E-state index contributed by atoms with van der Waals surface area (Å²) in [7, 11) is 0. The standard InChI is InChI=1S/C19H22N4/c1-15-2-3-19-16(12-15)13-17(21-19)14-22-8-10-23(11-9-22)18-4-6-20-7-5-18/h2-7,12-13,21H,8-11,14H2,1H3. The summed E-state index contributed by atoms with van der Waals surface area (Å²) in [6.45, 7) is 7.47. The van der Waals surface area contributed by atoms with E-state index < -0.39 is 0 Å². The second-order valence-electron chi connectivity index (χ2n) is 6.35. The number of piperazine rings is 1. The lowest BCUT2D eigenvalue weighted by Crippen LogP contribution is -2.46. The van der Waals surface area contributed by atoms with E-state index in [2.05, 4.69) is 63.1 Å².